The molecule has 2 heterocycles. The Labute approximate surface area is 127 Å². The standard InChI is InChI=1S/C16H26N4O/c1-12-10-14(20-8-6-19(5)7-9-20)17-11-13(12)18-15(21)16(2,3)4/h10-11H,6-9H2,1-5H3,(H,18,21). The number of carbonyl (C=O) groups is 1. The molecule has 1 aromatic rings. The van der Waals surface area contributed by atoms with Gasteiger partial charge in [0.2, 0.25) is 5.91 Å². The molecule has 116 valence electrons. The summed E-state index contributed by atoms with van der Waals surface area (Å²) in [4.78, 5) is 21.2. The molecule has 0 radical (unpaired) electrons. The quantitative estimate of drug-likeness (QED) is 0.906. The normalized spacial score (nSPS) is 16.9. The second-order valence-corrected chi connectivity index (χ2v) is 6.85. The molecule has 0 aliphatic carbocycles. The molecule has 0 aromatic carbocycles. The topological polar surface area (TPSA) is 48.5 Å². The summed E-state index contributed by atoms with van der Waals surface area (Å²) in [5, 5.41) is 2.96. The molecular formula is C16H26N4O. The number of hydrogen-bond acceptors (Lipinski definition) is 4. The molecule has 21 heavy (non-hydrogen) atoms. The van der Waals surface area contributed by atoms with E-state index >= 15 is 0 Å². The molecule has 1 aliphatic heterocycles. The molecule has 1 amide bonds. The third-order valence-corrected chi connectivity index (χ3v) is 3.85. The fraction of sp³-hybridized carbons (Fsp3) is 0.625. The summed E-state index contributed by atoms with van der Waals surface area (Å²) in [5.74, 6) is 1.01. The van der Waals surface area contributed by atoms with Crippen LogP contribution in [0.1, 0.15) is 26.3 Å². The molecule has 5 nitrogen and oxygen atoms in total. The van der Waals surface area contributed by atoms with Gasteiger partial charge in [0.25, 0.3) is 0 Å². The molecule has 1 aliphatic rings. The Kier molecular flexibility index (Phi) is 4.52. The number of anilines is 2. The van der Waals surface area contributed by atoms with Gasteiger partial charge in [0.15, 0.2) is 0 Å². The van der Waals surface area contributed by atoms with E-state index in [1.807, 2.05) is 27.7 Å². The van der Waals surface area contributed by atoms with Crippen molar-refractivity contribution >= 4 is 17.4 Å². The zero-order chi connectivity index (χ0) is 15.6. The van der Waals surface area contributed by atoms with Gasteiger partial charge in [0, 0.05) is 31.6 Å². The van der Waals surface area contributed by atoms with E-state index in [9.17, 15) is 4.79 Å². The Morgan fingerprint density at radius 3 is 2.38 bits per heavy atom. The van der Waals surface area contributed by atoms with E-state index in [0.29, 0.717) is 0 Å². The zero-order valence-corrected chi connectivity index (χ0v) is 13.7. The van der Waals surface area contributed by atoms with Gasteiger partial charge in [-0.3, -0.25) is 4.79 Å². The molecule has 0 unspecified atom stereocenters. The maximum Gasteiger partial charge on any atom is 0.229 e. The molecule has 0 spiro atoms. The first-order chi connectivity index (χ1) is 9.77. The minimum Gasteiger partial charge on any atom is -0.354 e. The van der Waals surface area contributed by atoms with Crippen molar-refractivity contribution in [2.75, 3.05) is 43.4 Å². The highest BCUT2D eigenvalue weighted by Crippen LogP contribution is 2.23. The average Bonchev–Trinajstić information content (AvgIpc) is 2.41. The van der Waals surface area contributed by atoms with Crippen LogP contribution in [0.5, 0.6) is 0 Å². The number of pyridine rings is 1. The number of aryl methyl sites for hydroxylation is 1. The summed E-state index contributed by atoms with van der Waals surface area (Å²) in [7, 11) is 2.14. The number of amides is 1. The third-order valence-electron chi connectivity index (χ3n) is 3.85. The Morgan fingerprint density at radius 2 is 1.86 bits per heavy atom. The van der Waals surface area contributed by atoms with E-state index in [4.69, 9.17) is 0 Å². The number of aromatic nitrogens is 1. The van der Waals surface area contributed by atoms with Crippen molar-refractivity contribution in [1.82, 2.24) is 9.88 Å². The molecule has 0 saturated carbocycles. The molecule has 2 rings (SSSR count). The molecule has 5 heteroatoms. The summed E-state index contributed by atoms with van der Waals surface area (Å²) >= 11 is 0. The van der Waals surface area contributed by atoms with Crippen LogP contribution in [0.15, 0.2) is 12.3 Å². The maximum atomic E-state index is 12.1. The minimum atomic E-state index is -0.400. The highest BCUT2D eigenvalue weighted by Gasteiger charge is 2.22. The van der Waals surface area contributed by atoms with Gasteiger partial charge in [-0.2, -0.15) is 0 Å². The number of nitrogens with one attached hydrogen (secondary N) is 1. The first-order valence-electron chi connectivity index (χ1n) is 7.49. The summed E-state index contributed by atoms with van der Waals surface area (Å²) in [6.45, 7) is 11.8. The lowest BCUT2D eigenvalue weighted by molar-refractivity contribution is -0.123. The van der Waals surface area contributed by atoms with Crippen LogP contribution in [0.2, 0.25) is 0 Å². The van der Waals surface area contributed by atoms with E-state index in [-0.39, 0.29) is 5.91 Å². The summed E-state index contributed by atoms with van der Waals surface area (Å²) < 4.78 is 0. The number of piperazine rings is 1. The Bertz CT molecular complexity index is 513. The number of carbonyl (C=O) groups excluding carboxylic acids is 1. The lowest BCUT2D eigenvalue weighted by atomic mass is 9.95. The van der Waals surface area contributed by atoms with Crippen LogP contribution < -0.4 is 10.2 Å². The lowest BCUT2D eigenvalue weighted by Crippen LogP contribution is -2.44. The van der Waals surface area contributed by atoms with Gasteiger partial charge < -0.3 is 15.1 Å². The number of hydrogen-bond donors (Lipinski definition) is 1. The zero-order valence-electron chi connectivity index (χ0n) is 13.7. The fourth-order valence-electron chi connectivity index (χ4n) is 2.19. The second kappa shape index (κ2) is 6.02. The largest absolute Gasteiger partial charge is 0.354 e. The van der Waals surface area contributed by atoms with Crippen molar-refractivity contribution in [3.05, 3.63) is 17.8 Å². The smallest absolute Gasteiger partial charge is 0.229 e. The maximum absolute atomic E-state index is 12.1. The van der Waals surface area contributed by atoms with Crippen molar-refractivity contribution in [3.8, 4) is 0 Å². The predicted octanol–water partition coefficient (Wildman–Crippen LogP) is 2.13. The number of rotatable bonds is 2. The third kappa shape index (κ3) is 3.94. The van der Waals surface area contributed by atoms with Crippen molar-refractivity contribution < 1.29 is 4.79 Å². The van der Waals surface area contributed by atoms with Crippen LogP contribution >= 0.6 is 0 Å². The second-order valence-electron chi connectivity index (χ2n) is 6.85. The van der Waals surface area contributed by atoms with Gasteiger partial charge in [-0.15, -0.1) is 0 Å². The van der Waals surface area contributed by atoms with E-state index in [0.717, 1.165) is 43.2 Å². The van der Waals surface area contributed by atoms with Gasteiger partial charge in [0.1, 0.15) is 5.82 Å². The molecule has 0 bridgehead atoms. The van der Waals surface area contributed by atoms with Crippen LogP contribution in [-0.2, 0) is 4.79 Å². The Hall–Kier alpha value is -1.62. The Morgan fingerprint density at radius 1 is 1.24 bits per heavy atom. The van der Waals surface area contributed by atoms with Crippen molar-refractivity contribution in [1.29, 1.82) is 0 Å². The molecule has 0 atom stereocenters. The van der Waals surface area contributed by atoms with Crippen LogP contribution in [0.25, 0.3) is 0 Å². The first-order valence-corrected chi connectivity index (χ1v) is 7.49. The molecule has 1 N–H and O–H groups in total. The highest BCUT2D eigenvalue weighted by atomic mass is 16.2. The van der Waals surface area contributed by atoms with E-state index in [1.54, 1.807) is 6.20 Å². The molecule has 1 aromatic heterocycles. The van der Waals surface area contributed by atoms with Crippen LogP contribution in [0.4, 0.5) is 11.5 Å². The number of likely N-dealkylation sites (N-methyl/N-ethyl adjacent to an activating group) is 1. The summed E-state index contributed by atoms with van der Waals surface area (Å²) in [6.07, 6.45) is 1.77. The average molecular weight is 290 g/mol. The van der Waals surface area contributed by atoms with Gasteiger partial charge in [-0.05, 0) is 25.6 Å². The molecule has 1 fully saturated rings. The highest BCUT2D eigenvalue weighted by molar-refractivity contribution is 5.95. The SMILES string of the molecule is Cc1cc(N2CCN(C)CC2)ncc1NC(=O)C(C)(C)C. The predicted molar refractivity (Wildman–Crippen MR) is 86.8 cm³/mol. The van der Waals surface area contributed by atoms with E-state index in [2.05, 4.69) is 33.2 Å². The summed E-state index contributed by atoms with van der Waals surface area (Å²) in [6, 6.07) is 2.06. The lowest BCUT2D eigenvalue weighted by Gasteiger charge is -2.33. The van der Waals surface area contributed by atoms with E-state index < -0.39 is 5.41 Å². The van der Waals surface area contributed by atoms with Crippen LogP contribution in [0, 0.1) is 12.3 Å². The van der Waals surface area contributed by atoms with E-state index in [1.165, 1.54) is 0 Å². The Balaban J connectivity index is 2.09. The van der Waals surface area contributed by atoms with Crippen molar-refractivity contribution in [3.63, 3.8) is 0 Å². The van der Waals surface area contributed by atoms with Crippen LogP contribution in [-0.4, -0.2) is 49.0 Å². The fourth-order valence-corrected chi connectivity index (χ4v) is 2.19. The first kappa shape index (κ1) is 15.8. The van der Waals surface area contributed by atoms with Crippen molar-refractivity contribution in [2.45, 2.75) is 27.7 Å². The summed E-state index contributed by atoms with van der Waals surface area (Å²) in [5.41, 5.74) is 1.45. The molecule has 1 saturated heterocycles. The van der Waals surface area contributed by atoms with Gasteiger partial charge in [-0.1, -0.05) is 20.8 Å². The van der Waals surface area contributed by atoms with Gasteiger partial charge in [0.05, 0.1) is 11.9 Å². The van der Waals surface area contributed by atoms with Crippen LogP contribution in [0.3, 0.4) is 0 Å². The van der Waals surface area contributed by atoms with Gasteiger partial charge in [-0.25, -0.2) is 4.98 Å². The van der Waals surface area contributed by atoms with Crippen molar-refractivity contribution in [2.24, 2.45) is 5.41 Å². The molecular weight excluding hydrogens is 264 g/mol. The number of nitrogens with zero attached hydrogens (tertiary/aromatic N) is 3. The monoisotopic (exact) mass is 290 g/mol. The minimum absolute atomic E-state index is 0.0137. The van der Waals surface area contributed by atoms with Gasteiger partial charge >= 0.3 is 0 Å².